The van der Waals surface area contributed by atoms with Crippen LogP contribution in [0.4, 0.5) is 5.69 Å². The number of anilines is 1. The summed E-state index contributed by atoms with van der Waals surface area (Å²) in [7, 11) is 1.59. The lowest BCUT2D eigenvalue weighted by Crippen LogP contribution is -2.13. The monoisotopic (exact) mass is 364 g/mol. The fraction of sp³-hybridized carbons (Fsp3) is 0.263. The highest BCUT2D eigenvalue weighted by Gasteiger charge is 2.30. The van der Waals surface area contributed by atoms with E-state index in [-0.39, 0.29) is 5.91 Å². The second kappa shape index (κ2) is 7.16. The van der Waals surface area contributed by atoms with Gasteiger partial charge in [0.15, 0.2) is 5.82 Å². The lowest BCUT2D eigenvalue weighted by Gasteiger charge is -2.12. The lowest BCUT2D eigenvalue weighted by atomic mass is 10.1. The van der Waals surface area contributed by atoms with Gasteiger partial charge in [-0.1, -0.05) is 12.1 Å². The van der Waals surface area contributed by atoms with Gasteiger partial charge in [0.25, 0.3) is 5.91 Å². The standard InChI is InChI=1S/C19H20N6O2/c1-27-17-9-8-15(21-19(26)14-4-2-12(11-20)3-5-14)10-16(17)25-18(13-6-7-13)22-23-24-25/h2-5,8-10,13H,6-7,11,20H2,1H3,(H,21,26). The Balaban J connectivity index is 1.61. The molecular formula is C19H20N6O2. The van der Waals surface area contributed by atoms with Gasteiger partial charge >= 0.3 is 0 Å². The molecule has 0 bridgehead atoms. The number of methoxy groups -OCH3 is 1. The molecule has 8 nitrogen and oxygen atoms in total. The van der Waals surface area contributed by atoms with E-state index in [0.717, 1.165) is 24.2 Å². The van der Waals surface area contributed by atoms with Crippen molar-refractivity contribution in [1.82, 2.24) is 20.2 Å². The maximum atomic E-state index is 12.5. The van der Waals surface area contributed by atoms with Crippen molar-refractivity contribution in [3.63, 3.8) is 0 Å². The third-order valence-corrected chi connectivity index (χ3v) is 4.55. The van der Waals surface area contributed by atoms with Gasteiger partial charge in [0, 0.05) is 23.7 Å². The van der Waals surface area contributed by atoms with Gasteiger partial charge < -0.3 is 15.8 Å². The van der Waals surface area contributed by atoms with E-state index in [1.165, 1.54) is 0 Å². The first-order chi connectivity index (χ1) is 13.2. The minimum absolute atomic E-state index is 0.200. The number of ether oxygens (including phenoxy) is 1. The summed E-state index contributed by atoms with van der Waals surface area (Å²) in [6.45, 7) is 0.443. The molecule has 0 atom stereocenters. The summed E-state index contributed by atoms with van der Waals surface area (Å²) in [6, 6.07) is 12.6. The molecule has 27 heavy (non-hydrogen) atoms. The molecular weight excluding hydrogens is 344 g/mol. The Bertz CT molecular complexity index is 963. The van der Waals surface area contributed by atoms with E-state index in [4.69, 9.17) is 10.5 Å². The van der Waals surface area contributed by atoms with Crippen molar-refractivity contribution < 1.29 is 9.53 Å². The van der Waals surface area contributed by atoms with Crippen LogP contribution >= 0.6 is 0 Å². The first kappa shape index (κ1) is 17.2. The summed E-state index contributed by atoms with van der Waals surface area (Å²) < 4.78 is 7.14. The van der Waals surface area contributed by atoms with E-state index in [1.807, 2.05) is 18.2 Å². The van der Waals surface area contributed by atoms with Gasteiger partial charge in [-0.25, -0.2) is 0 Å². The van der Waals surface area contributed by atoms with Crippen molar-refractivity contribution in [3.05, 3.63) is 59.4 Å². The summed E-state index contributed by atoms with van der Waals surface area (Å²) in [6.07, 6.45) is 2.16. The molecule has 0 aliphatic heterocycles. The normalized spacial score (nSPS) is 13.4. The quantitative estimate of drug-likeness (QED) is 0.695. The average molecular weight is 364 g/mol. The van der Waals surface area contributed by atoms with Gasteiger partial charge in [-0.15, -0.1) is 5.10 Å². The van der Waals surface area contributed by atoms with Crippen LogP contribution in [0.3, 0.4) is 0 Å². The smallest absolute Gasteiger partial charge is 0.255 e. The predicted octanol–water partition coefficient (Wildman–Crippen LogP) is 2.26. The van der Waals surface area contributed by atoms with Gasteiger partial charge in [0.1, 0.15) is 11.4 Å². The second-order valence-corrected chi connectivity index (χ2v) is 6.46. The molecule has 4 rings (SSSR count). The number of tetrazole rings is 1. The number of aromatic nitrogens is 4. The van der Waals surface area contributed by atoms with Gasteiger partial charge in [-0.3, -0.25) is 4.79 Å². The van der Waals surface area contributed by atoms with Gasteiger partial charge in [-0.2, -0.15) is 4.68 Å². The first-order valence-electron chi connectivity index (χ1n) is 8.76. The van der Waals surface area contributed by atoms with Gasteiger partial charge in [0.2, 0.25) is 0 Å². The van der Waals surface area contributed by atoms with Crippen molar-refractivity contribution in [2.75, 3.05) is 12.4 Å². The fourth-order valence-electron chi connectivity index (χ4n) is 2.89. The number of rotatable bonds is 6. The summed E-state index contributed by atoms with van der Waals surface area (Å²) in [5.41, 5.74) is 8.46. The molecule has 0 radical (unpaired) electrons. The third-order valence-electron chi connectivity index (χ3n) is 4.55. The molecule has 1 heterocycles. The molecule has 0 saturated heterocycles. The van der Waals surface area contributed by atoms with Crippen LogP contribution < -0.4 is 15.8 Å². The molecule has 1 saturated carbocycles. The Morgan fingerprint density at radius 3 is 2.70 bits per heavy atom. The van der Waals surface area contributed by atoms with Crippen LogP contribution in [0.25, 0.3) is 5.69 Å². The highest BCUT2D eigenvalue weighted by molar-refractivity contribution is 6.04. The van der Waals surface area contributed by atoms with Crippen molar-refractivity contribution in [2.45, 2.75) is 25.3 Å². The molecule has 0 spiro atoms. The van der Waals surface area contributed by atoms with Gasteiger partial charge in [0.05, 0.1) is 7.11 Å². The molecule has 1 aliphatic rings. The molecule has 1 aliphatic carbocycles. The summed E-state index contributed by atoms with van der Waals surface area (Å²) in [5, 5.41) is 14.9. The van der Waals surface area contributed by atoms with E-state index >= 15 is 0 Å². The molecule has 3 aromatic rings. The van der Waals surface area contributed by atoms with Crippen molar-refractivity contribution in [2.24, 2.45) is 5.73 Å². The van der Waals surface area contributed by atoms with E-state index in [2.05, 4.69) is 20.8 Å². The number of benzene rings is 2. The topological polar surface area (TPSA) is 108 Å². The largest absolute Gasteiger partial charge is 0.494 e. The Morgan fingerprint density at radius 1 is 1.26 bits per heavy atom. The first-order valence-corrected chi connectivity index (χ1v) is 8.76. The van der Waals surface area contributed by atoms with Crippen LogP contribution in [0.2, 0.25) is 0 Å². The highest BCUT2D eigenvalue weighted by atomic mass is 16.5. The molecule has 0 unspecified atom stereocenters. The fourth-order valence-corrected chi connectivity index (χ4v) is 2.89. The second-order valence-electron chi connectivity index (χ2n) is 6.46. The van der Waals surface area contributed by atoms with Crippen molar-refractivity contribution in [1.29, 1.82) is 0 Å². The number of nitrogens with zero attached hydrogens (tertiary/aromatic N) is 4. The number of hydrogen-bond donors (Lipinski definition) is 2. The molecule has 8 heteroatoms. The lowest BCUT2D eigenvalue weighted by molar-refractivity contribution is 0.102. The van der Waals surface area contributed by atoms with E-state index < -0.39 is 0 Å². The Hall–Kier alpha value is -3.26. The zero-order chi connectivity index (χ0) is 18.8. The van der Waals surface area contributed by atoms with E-state index in [9.17, 15) is 4.79 Å². The molecule has 1 aromatic heterocycles. The molecule has 1 amide bonds. The zero-order valence-corrected chi connectivity index (χ0v) is 14.9. The van der Waals surface area contributed by atoms with Crippen LogP contribution in [0, 0.1) is 0 Å². The molecule has 1 fully saturated rings. The summed E-state index contributed by atoms with van der Waals surface area (Å²) in [4.78, 5) is 12.5. The number of carbonyl (C=O) groups excluding carboxylic acids is 1. The SMILES string of the molecule is COc1ccc(NC(=O)c2ccc(CN)cc2)cc1-n1nnnc1C1CC1. The number of carbonyl (C=O) groups is 1. The predicted molar refractivity (Wildman–Crippen MR) is 100.0 cm³/mol. The van der Waals surface area contributed by atoms with Crippen LogP contribution in [0.15, 0.2) is 42.5 Å². The Kier molecular flexibility index (Phi) is 4.55. The number of nitrogens with two attached hydrogens (primary N) is 1. The van der Waals surface area contributed by atoms with Crippen LogP contribution in [-0.4, -0.2) is 33.2 Å². The van der Waals surface area contributed by atoms with Crippen molar-refractivity contribution >= 4 is 11.6 Å². The van der Waals surface area contributed by atoms with Gasteiger partial charge in [-0.05, 0) is 59.2 Å². The van der Waals surface area contributed by atoms with E-state index in [1.54, 1.807) is 36.1 Å². The third kappa shape index (κ3) is 3.52. The van der Waals surface area contributed by atoms with Crippen LogP contribution in [0.5, 0.6) is 5.75 Å². The van der Waals surface area contributed by atoms with Crippen molar-refractivity contribution in [3.8, 4) is 11.4 Å². The van der Waals surface area contributed by atoms with E-state index in [0.29, 0.717) is 35.2 Å². The summed E-state index contributed by atoms with van der Waals surface area (Å²) >= 11 is 0. The van der Waals surface area contributed by atoms with Crippen LogP contribution in [0.1, 0.15) is 40.5 Å². The molecule has 138 valence electrons. The zero-order valence-electron chi connectivity index (χ0n) is 14.9. The molecule has 3 N–H and O–H groups in total. The number of nitrogens with one attached hydrogen (secondary N) is 1. The molecule has 2 aromatic carbocycles. The van der Waals surface area contributed by atoms with Crippen LogP contribution in [-0.2, 0) is 6.54 Å². The average Bonchev–Trinajstić information content (AvgIpc) is 3.44. The minimum Gasteiger partial charge on any atom is -0.494 e. The maximum absolute atomic E-state index is 12.5. The number of hydrogen-bond acceptors (Lipinski definition) is 6. The Labute approximate surface area is 156 Å². The number of amides is 1. The summed E-state index contributed by atoms with van der Waals surface area (Å²) in [5.74, 6) is 1.63. The maximum Gasteiger partial charge on any atom is 0.255 e. The minimum atomic E-state index is -0.200. The highest BCUT2D eigenvalue weighted by Crippen LogP contribution is 2.40. The Morgan fingerprint density at radius 2 is 2.04 bits per heavy atom.